The molecule has 14 heavy (non-hydrogen) atoms. The molecule has 1 aromatic carbocycles. The number of anilines is 1. The summed E-state index contributed by atoms with van der Waals surface area (Å²) in [6.07, 6.45) is -0.296. The number of hydrogen-bond acceptors (Lipinski definition) is 2. The molecule has 0 saturated carbocycles. The number of hydrogen-bond donors (Lipinski definition) is 1. The van der Waals surface area contributed by atoms with E-state index in [4.69, 9.17) is 11.6 Å². The number of carbonyl (C=O) groups is 2. The van der Waals surface area contributed by atoms with E-state index in [1.807, 2.05) is 19.1 Å². The molecule has 0 bridgehead atoms. The highest BCUT2D eigenvalue weighted by Gasteiger charge is 2.06. The monoisotopic (exact) mass is 211 g/mol. The Kier molecular flexibility index (Phi) is 3.65. The second-order valence-corrected chi connectivity index (χ2v) is 3.37. The Morgan fingerprint density at radius 1 is 1.29 bits per heavy atom. The highest BCUT2D eigenvalue weighted by Crippen LogP contribution is 2.08. The van der Waals surface area contributed by atoms with E-state index in [0.717, 1.165) is 5.56 Å². The normalized spacial score (nSPS) is 9.57. The Hall–Kier alpha value is -1.35. The quantitative estimate of drug-likeness (QED) is 0.615. The fourth-order valence-electron chi connectivity index (χ4n) is 0.968. The highest BCUT2D eigenvalue weighted by molar-refractivity contribution is 6.65. The first kappa shape index (κ1) is 10.7. The maximum atomic E-state index is 11.1. The molecule has 0 aliphatic rings. The van der Waals surface area contributed by atoms with Crippen LogP contribution in [0.4, 0.5) is 5.69 Å². The summed E-state index contributed by atoms with van der Waals surface area (Å²) in [5, 5.41) is 1.90. The molecule has 0 fully saturated rings. The van der Waals surface area contributed by atoms with E-state index in [1.165, 1.54) is 0 Å². The van der Waals surface area contributed by atoms with E-state index in [1.54, 1.807) is 12.1 Å². The van der Waals surface area contributed by atoms with Gasteiger partial charge in [0.1, 0.15) is 6.42 Å². The van der Waals surface area contributed by atoms with Crippen molar-refractivity contribution in [3.8, 4) is 0 Å². The van der Waals surface area contributed by atoms with Crippen molar-refractivity contribution < 1.29 is 9.59 Å². The minimum Gasteiger partial charge on any atom is -0.326 e. The maximum absolute atomic E-state index is 11.1. The van der Waals surface area contributed by atoms with Crippen molar-refractivity contribution in [3.05, 3.63) is 29.8 Å². The molecule has 0 aromatic heterocycles. The zero-order valence-corrected chi connectivity index (χ0v) is 8.47. The first-order valence-corrected chi connectivity index (χ1v) is 4.50. The largest absolute Gasteiger partial charge is 0.326 e. The van der Waals surface area contributed by atoms with Crippen molar-refractivity contribution in [2.24, 2.45) is 0 Å². The van der Waals surface area contributed by atoms with E-state index in [0.29, 0.717) is 5.69 Å². The smallest absolute Gasteiger partial charge is 0.233 e. The molecule has 74 valence electrons. The molecular formula is C10H10ClNO2. The summed E-state index contributed by atoms with van der Waals surface area (Å²) in [6, 6.07) is 7.29. The summed E-state index contributed by atoms with van der Waals surface area (Å²) >= 11 is 5.06. The van der Waals surface area contributed by atoms with Gasteiger partial charge in [0.05, 0.1) is 0 Å². The minimum absolute atomic E-state index is 0.296. The van der Waals surface area contributed by atoms with Crippen LogP contribution in [0.3, 0.4) is 0 Å². The average Bonchev–Trinajstić information content (AvgIpc) is 2.07. The van der Waals surface area contributed by atoms with Crippen LogP contribution >= 0.6 is 11.6 Å². The summed E-state index contributed by atoms with van der Waals surface area (Å²) in [7, 11) is 0. The number of benzene rings is 1. The zero-order chi connectivity index (χ0) is 10.6. The Labute approximate surface area is 87.1 Å². The predicted octanol–water partition coefficient (Wildman–Crippen LogP) is 2.09. The molecule has 1 aromatic rings. The lowest BCUT2D eigenvalue weighted by Crippen LogP contribution is -2.13. The van der Waals surface area contributed by atoms with Crippen molar-refractivity contribution >= 4 is 28.4 Å². The van der Waals surface area contributed by atoms with Crippen molar-refractivity contribution in [1.82, 2.24) is 0 Å². The Morgan fingerprint density at radius 3 is 2.36 bits per heavy atom. The zero-order valence-electron chi connectivity index (χ0n) is 7.71. The van der Waals surface area contributed by atoms with Crippen molar-refractivity contribution in [1.29, 1.82) is 0 Å². The van der Waals surface area contributed by atoms with E-state index in [-0.39, 0.29) is 6.42 Å². The standard InChI is InChI=1S/C10H10ClNO2/c1-7-2-4-8(5-3-7)12-10(14)6-9(11)13/h2-5H,6H2,1H3,(H,12,14). The molecule has 0 atom stereocenters. The van der Waals surface area contributed by atoms with Crippen LogP contribution in [0.5, 0.6) is 0 Å². The molecule has 0 unspecified atom stereocenters. The second kappa shape index (κ2) is 4.77. The fraction of sp³-hybridized carbons (Fsp3) is 0.200. The molecule has 0 heterocycles. The van der Waals surface area contributed by atoms with Gasteiger partial charge in [0.25, 0.3) is 0 Å². The summed E-state index contributed by atoms with van der Waals surface area (Å²) in [4.78, 5) is 21.5. The number of aryl methyl sites for hydroxylation is 1. The van der Waals surface area contributed by atoms with E-state index in [2.05, 4.69) is 5.32 Å². The molecule has 4 heteroatoms. The van der Waals surface area contributed by atoms with Gasteiger partial charge in [-0.15, -0.1) is 0 Å². The van der Waals surface area contributed by atoms with Crippen molar-refractivity contribution in [3.63, 3.8) is 0 Å². The van der Waals surface area contributed by atoms with Crippen molar-refractivity contribution in [2.75, 3.05) is 5.32 Å². The van der Waals surface area contributed by atoms with E-state index >= 15 is 0 Å². The molecule has 0 spiro atoms. The summed E-state index contributed by atoms with van der Waals surface area (Å²) in [6.45, 7) is 1.95. The molecule has 1 N–H and O–H groups in total. The summed E-state index contributed by atoms with van der Waals surface area (Å²) < 4.78 is 0. The summed E-state index contributed by atoms with van der Waals surface area (Å²) in [5.74, 6) is -0.395. The van der Waals surface area contributed by atoms with Gasteiger partial charge in [-0.2, -0.15) is 0 Å². The van der Waals surface area contributed by atoms with Crippen LogP contribution in [0, 0.1) is 6.92 Å². The maximum Gasteiger partial charge on any atom is 0.233 e. The van der Waals surface area contributed by atoms with Gasteiger partial charge >= 0.3 is 0 Å². The number of rotatable bonds is 3. The fourth-order valence-corrected chi connectivity index (χ4v) is 1.09. The Morgan fingerprint density at radius 2 is 1.86 bits per heavy atom. The van der Waals surface area contributed by atoms with Crippen LogP contribution in [-0.4, -0.2) is 11.1 Å². The van der Waals surface area contributed by atoms with Crippen LogP contribution in [0.25, 0.3) is 0 Å². The highest BCUT2D eigenvalue weighted by atomic mass is 35.5. The summed E-state index contributed by atoms with van der Waals surface area (Å²) in [5.41, 5.74) is 1.77. The van der Waals surface area contributed by atoms with Crippen LogP contribution in [0.2, 0.25) is 0 Å². The molecule has 1 rings (SSSR count). The first-order chi connectivity index (χ1) is 6.58. The third-order valence-electron chi connectivity index (χ3n) is 1.63. The van der Waals surface area contributed by atoms with Crippen LogP contribution < -0.4 is 5.32 Å². The van der Waals surface area contributed by atoms with Gasteiger partial charge in [-0.1, -0.05) is 17.7 Å². The van der Waals surface area contributed by atoms with Crippen LogP contribution in [0.1, 0.15) is 12.0 Å². The van der Waals surface area contributed by atoms with Gasteiger partial charge in [0, 0.05) is 5.69 Å². The van der Waals surface area contributed by atoms with Gasteiger partial charge in [-0.3, -0.25) is 9.59 Å². The van der Waals surface area contributed by atoms with Crippen molar-refractivity contribution in [2.45, 2.75) is 13.3 Å². The SMILES string of the molecule is Cc1ccc(NC(=O)CC(=O)Cl)cc1. The lowest BCUT2D eigenvalue weighted by Gasteiger charge is -2.02. The average molecular weight is 212 g/mol. The van der Waals surface area contributed by atoms with Crippen LogP contribution in [-0.2, 0) is 9.59 Å². The topological polar surface area (TPSA) is 46.2 Å². The predicted molar refractivity (Wildman–Crippen MR) is 55.3 cm³/mol. The lowest BCUT2D eigenvalue weighted by atomic mass is 10.2. The molecule has 0 saturated heterocycles. The molecule has 0 radical (unpaired) electrons. The number of nitrogens with one attached hydrogen (secondary N) is 1. The lowest BCUT2D eigenvalue weighted by molar-refractivity contribution is -0.121. The minimum atomic E-state index is -0.658. The van der Waals surface area contributed by atoms with Gasteiger partial charge < -0.3 is 5.32 Å². The molecule has 0 aliphatic carbocycles. The van der Waals surface area contributed by atoms with E-state index in [9.17, 15) is 9.59 Å². The molecule has 0 aliphatic heterocycles. The second-order valence-electron chi connectivity index (χ2n) is 2.95. The Balaban J connectivity index is 2.56. The third-order valence-corrected chi connectivity index (χ3v) is 1.77. The van der Waals surface area contributed by atoms with Crippen LogP contribution in [0.15, 0.2) is 24.3 Å². The third kappa shape index (κ3) is 3.58. The Bertz CT molecular complexity index is 346. The molecule has 3 nitrogen and oxygen atoms in total. The van der Waals surface area contributed by atoms with Gasteiger partial charge in [0.15, 0.2) is 0 Å². The molecule has 1 amide bonds. The number of carbonyl (C=O) groups excluding carboxylic acids is 2. The van der Waals surface area contributed by atoms with Gasteiger partial charge in [-0.25, -0.2) is 0 Å². The van der Waals surface area contributed by atoms with Gasteiger partial charge in [-0.05, 0) is 30.7 Å². The number of amides is 1. The van der Waals surface area contributed by atoms with Gasteiger partial charge in [0.2, 0.25) is 11.1 Å². The number of halogens is 1. The van der Waals surface area contributed by atoms with E-state index < -0.39 is 11.1 Å². The first-order valence-electron chi connectivity index (χ1n) is 4.13. The molecular weight excluding hydrogens is 202 g/mol.